The van der Waals surface area contributed by atoms with E-state index in [1.54, 1.807) is 19.2 Å². The number of aromatic nitrogens is 2. The van der Waals surface area contributed by atoms with Gasteiger partial charge in [0.05, 0.1) is 6.61 Å². The van der Waals surface area contributed by atoms with Gasteiger partial charge in [-0.15, -0.1) is 0 Å². The predicted molar refractivity (Wildman–Crippen MR) is 62.0 cm³/mol. The minimum absolute atomic E-state index is 0.0792. The second-order valence-corrected chi connectivity index (χ2v) is 3.65. The van der Waals surface area contributed by atoms with Crippen molar-refractivity contribution in [3.05, 3.63) is 40.4 Å². The van der Waals surface area contributed by atoms with Crippen LogP contribution in [-0.4, -0.2) is 16.0 Å². The van der Waals surface area contributed by atoms with Crippen molar-refractivity contribution in [3.63, 3.8) is 0 Å². The van der Waals surface area contributed by atoms with Crippen molar-refractivity contribution < 1.29 is 4.74 Å². The molecule has 0 saturated carbocycles. The molecule has 2 rings (SSSR count). The molecule has 0 aliphatic heterocycles. The van der Waals surface area contributed by atoms with E-state index in [1.165, 1.54) is 10.5 Å². The molecule has 2 heterocycles. The summed E-state index contributed by atoms with van der Waals surface area (Å²) in [5, 5.41) is 0. The van der Waals surface area contributed by atoms with Crippen molar-refractivity contribution in [2.24, 2.45) is 0 Å². The topological polar surface area (TPSA) is 43.6 Å². The molecule has 0 fully saturated rings. The standard InChI is InChI=1S/C12H14N2O2/c1-3-7-16-10-5-4-6-14-11(15)8-9(2)13-12(10)14/h4-6,8H,3,7H2,1-2H3. The van der Waals surface area contributed by atoms with E-state index in [1.807, 2.05) is 13.0 Å². The van der Waals surface area contributed by atoms with Gasteiger partial charge in [-0.3, -0.25) is 9.20 Å². The molecule has 0 spiro atoms. The molecule has 0 N–H and O–H groups in total. The molecule has 2 aromatic rings. The number of hydrogen-bond acceptors (Lipinski definition) is 3. The Kier molecular flexibility index (Phi) is 2.90. The summed E-state index contributed by atoms with van der Waals surface area (Å²) in [7, 11) is 0. The van der Waals surface area contributed by atoms with Crippen LogP contribution in [0.4, 0.5) is 0 Å². The highest BCUT2D eigenvalue weighted by molar-refractivity contribution is 5.53. The molecule has 0 atom stereocenters. The van der Waals surface area contributed by atoms with Gasteiger partial charge in [-0.1, -0.05) is 6.92 Å². The van der Waals surface area contributed by atoms with Crippen molar-refractivity contribution in [2.75, 3.05) is 6.61 Å². The van der Waals surface area contributed by atoms with Gasteiger partial charge in [-0.25, -0.2) is 4.98 Å². The van der Waals surface area contributed by atoms with Gasteiger partial charge < -0.3 is 4.74 Å². The van der Waals surface area contributed by atoms with Crippen LogP contribution in [0.25, 0.3) is 5.65 Å². The summed E-state index contributed by atoms with van der Waals surface area (Å²) in [6, 6.07) is 5.13. The highest BCUT2D eigenvalue weighted by Crippen LogP contribution is 2.16. The lowest BCUT2D eigenvalue weighted by atomic mass is 10.3. The van der Waals surface area contributed by atoms with E-state index in [2.05, 4.69) is 4.98 Å². The number of pyridine rings is 1. The molecule has 16 heavy (non-hydrogen) atoms. The van der Waals surface area contributed by atoms with Crippen molar-refractivity contribution in [1.29, 1.82) is 0 Å². The zero-order chi connectivity index (χ0) is 11.5. The summed E-state index contributed by atoms with van der Waals surface area (Å²) in [4.78, 5) is 16.0. The zero-order valence-corrected chi connectivity index (χ0v) is 9.43. The first kappa shape index (κ1) is 10.7. The largest absolute Gasteiger partial charge is 0.490 e. The zero-order valence-electron chi connectivity index (χ0n) is 9.43. The van der Waals surface area contributed by atoms with Gasteiger partial charge in [0.2, 0.25) is 0 Å². The summed E-state index contributed by atoms with van der Waals surface area (Å²) >= 11 is 0. The maximum atomic E-state index is 11.7. The highest BCUT2D eigenvalue weighted by Gasteiger charge is 2.05. The average molecular weight is 218 g/mol. The third-order valence-electron chi connectivity index (χ3n) is 2.25. The molecule has 0 bridgehead atoms. The van der Waals surface area contributed by atoms with Gasteiger partial charge in [0.15, 0.2) is 11.4 Å². The van der Waals surface area contributed by atoms with Crippen LogP contribution in [-0.2, 0) is 0 Å². The third kappa shape index (κ3) is 1.91. The number of ether oxygens (including phenoxy) is 1. The molecule has 0 saturated heterocycles. The number of aryl methyl sites for hydroxylation is 1. The van der Waals surface area contributed by atoms with Crippen molar-refractivity contribution >= 4 is 5.65 Å². The van der Waals surface area contributed by atoms with Gasteiger partial charge in [0, 0.05) is 18.0 Å². The average Bonchev–Trinajstić information content (AvgIpc) is 2.26. The van der Waals surface area contributed by atoms with E-state index in [9.17, 15) is 4.79 Å². The molecular formula is C12H14N2O2. The van der Waals surface area contributed by atoms with E-state index in [4.69, 9.17) is 4.74 Å². The molecule has 0 aromatic carbocycles. The van der Waals surface area contributed by atoms with E-state index >= 15 is 0 Å². The van der Waals surface area contributed by atoms with Crippen LogP contribution in [0.3, 0.4) is 0 Å². The van der Waals surface area contributed by atoms with Crippen LogP contribution in [0.1, 0.15) is 19.0 Å². The summed E-state index contributed by atoms with van der Waals surface area (Å²) in [5.41, 5.74) is 1.21. The molecule has 84 valence electrons. The monoisotopic (exact) mass is 218 g/mol. The molecule has 0 aliphatic carbocycles. The number of nitrogens with zero attached hydrogens (tertiary/aromatic N) is 2. The minimum atomic E-state index is -0.0792. The Morgan fingerprint density at radius 2 is 2.31 bits per heavy atom. The second-order valence-electron chi connectivity index (χ2n) is 3.65. The van der Waals surface area contributed by atoms with Crippen LogP contribution in [0.2, 0.25) is 0 Å². The third-order valence-corrected chi connectivity index (χ3v) is 2.25. The van der Waals surface area contributed by atoms with Gasteiger partial charge in [0.1, 0.15) is 0 Å². The number of rotatable bonds is 3. The van der Waals surface area contributed by atoms with Gasteiger partial charge in [0.25, 0.3) is 5.56 Å². The fraction of sp³-hybridized carbons (Fsp3) is 0.333. The molecule has 4 nitrogen and oxygen atoms in total. The van der Waals surface area contributed by atoms with Gasteiger partial charge >= 0.3 is 0 Å². The molecule has 0 unspecified atom stereocenters. The Hall–Kier alpha value is -1.84. The molecular weight excluding hydrogens is 204 g/mol. The van der Waals surface area contributed by atoms with E-state index in [0.717, 1.165) is 6.42 Å². The molecule has 0 radical (unpaired) electrons. The lowest BCUT2D eigenvalue weighted by Crippen LogP contribution is -2.15. The van der Waals surface area contributed by atoms with Gasteiger partial charge in [-0.05, 0) is 25.5 Å². The van der Waals surface area contributed by atoms with Crippen LogP contribution >= 0.6 is 0 Å². The molecule has 2 aromatic heterocycles. The molecule has 0 aliphatic rings. The van der Waals surface area contributed by atoms with Crippen LogP contribution < -0.4 is 10.3 Å². The normalized spacial score (nSPS) is 10.6. The van der Waals surface area contributed by atoms with Crippen molar-refractivity contribution in [3.8, 4) is 5.75 Å². The smallest absolute Gasteiger partial charge is 0.258 e. The number of fused-ring (bicyclic) bond motifs is 1. The van der Waals surface area contributed by atoms with Gasteiger partial charge in [-0.2, -0.15) is 0 Å². The van der Waals surface area contributed by atoms with E-state index < -0.39 is 0 Å². The molecule has 0 amide bonds. The SMILES string of the molecule is CCCOc1cccn2c(=O)cc(C)nc12. The first-order chi connectivity index (χ1) is 7.72. The van der Waals surface area contributed by atoms with Crippen LogP contribution in [0.15, 0.2) is 29.2 Å². The Bertz CT molecular complexity index is 560. The minimum Gasteiger partial charge on any atom is -0.490 e. The van der Waals surface area contributed by atoms with E-state index in [0.29, 0.717) is 23.7 Å². The fourth-order valence-electron chi connectivity index (χ4n) is 1.54. The number of hydrogen-bond donors (Lipinski definition) is 0. The van der Waals surface area contributed by atoms with Crippen molar-refractivity contribution in [2.45, 2.75) is 20.3 Å². The summed E-state index contributed by atoms with van der Waals surface area (Å²) in [6.45, 7) is 4.47. The van der Waals surface area contributed by atoms with Crippen LogP contribution in [0.5, 0.6) is 5.75 Å². The Morgan fingerprint density at radius 3 is 3.06 bits per heavy atom. The van der Waals surface area contributed by atoms with Crippen LogP contribution in [0, 0.1) is 6.92 Å². The summed E-state index contributed by atoms with van der Waals surface area (Å²) < 4.78 is 7.05. The Balaban J connectivity index is 2.62. The first-order valence-corrected chi connectivity index (χ1v) is 5.34. The second kappa shape index (κ2) is 4.35. The predicted octanol–water partition coefficient (Wildman–Crippen LogP) is 1.79. The maximum absolute atomic E-state index is 11.7. The lowest BCUT2D eigenvalue weighted by Gasteiger charge is -2.08. The highest BCUT2D eigenvalue weighted by atomic mass is 16.5. The van der Waals surface area contributed by atoms with E-state index in [-0.39, 0.29) is 5.56 Å². The fourth-order valence-corrected chi connectivity index (χ4v) is 1.54. The van der Waals surface area contributed by atoms with Crippen molar-refractivity contribution in [1.82, 2.24) is 9.38 Å². The maximum Gasteiger partial charge on any atom is 0.258 e. The Labute approximate surface area is 93.5 Å². The summed E-state index contributed by atoms with van der Waals surface area (Å²) in [5.74, 6) is 0.658. The quantitative estimate of drug-likeness (QED) is 0.788. The Morgan fingerprint density at radius 1 is 1.50 bits per heavy atom. The first-order valence-electron chi connectivity index (χ1n) is 5.34. The lowest BCUT2D eigenvalue weighted by molar-refractivity contribution is 0.319. The molecule has 4 heteroatoms. The summed E-state index contributed by atoms with van der Waals surface area (Å²) in [6.07, 6.45) is 2.63.